The molecule has 1 fully saturated rings. The molecule has 0 spiro atoms. The highest BCUT2D eigenvalue weighted by Gasteiger charge is 2.25. The summed E-state index contributed by atoms with van der Waals surface area (Å²) in [5, 5.41) is 14.3. The summed E-state index contributed by atoms with van der Waals surface area (Å²) in [7, 11) is 2.06. The Labute approximate surface area is 116 Å². The first-order valence-corrected chi connectivity index (χ1v) is 6.64. The molecule has 1 aliphatic rings. The number of hydrogen-bond donors (Lipinski definition) is 1. The van der Waals surface area contributed by atoms with Gasteiger partial charge in [-0.3, -0.25) is 10.1 Å². The van der Waals surface area contributed by atoms with Crippen LogP contribution in [0, 0.1) is 10.1 Å². The van der Waals surface area contributed by atoms with Crippen molar-refractivity contribution >= 4 is 23.1 Å². The Bertz CT molecular complexity index is 462. The second-order valence-electron chi connectivity index (χ2n) is 4.63. The first kappa shape index (κ1) is 14.0. The zero-order valence-corrected chi connectivity index (χ0v) is 11.4. The standard InChI is InChI=1S/C11H16ClN5O2/c1-16-4-2-8(3-5-16)15-11-10(17(18)19)9(6-12)13-7-14-11/h7-8H,2-6H2,1H3,(H,13,14,15). The van der Waals surface area contributed by atoms with Crippen LogP contribution in [0.3, 0.4) is 0 Å². The van der Waals surface area contributed by atoms with Gasteiger partial charge in [0.05, 0.1) is 10.8 Å². The average Bonchev–Trinajstić information content (AvgIpc) is 2.40. The number of hydrogen-bond acceptors (Lipinski definition) is 6. The van der Waals surface area contributed by atoms with Crippen LogP contribution in [0.2, 0.25) is 0 Å². The molecule has 1 aromatic heterocycles. The van der Waals surface area contributed by atoms with E-state index in [1.807, 2.05) is 0 Å². The molecule has 2 rings (SSSR count). The Hall–Kier alpha value is -1.47. The van der Waals surface area contributed by atoms with E-state index in [1.54, 1.807) is 0 Å². The summed E-state index contributed by atoms with van der Waals surface area (Å²) in [4.78, 5) is 20.7. The molecule has 1 N–H and O–H groups in total. The summed E-state index contributed by atoms with van der Waals surface area (Å²) >= 11 is 5.68. The van der Waals surface area contributed by atoms with E-state index in [0.717, 1.165) is 25.9 Å². The highest BCUT2D eigenvalue weighted by atomic mass is 35.5. The predicted molar refractivity (Wildman–Crippen MR) is 72.4 cm³/mol. The molecule has 2 heterocycles. The van der Waals surface area contributed by atoms with Gasteiger partial charge < -0.3 is 10.2 Å². The van der Waals surface area contributed by atoms with Crippen LogP contribution in [0.4, 0.5) is 11.5 Å². The van der Waals surface area contributed by atoms with Gasteiger partial charge in [-0.1, -0.05) is 0 Å². The smallest absolute Gasteiger partial charge is 0.333 e. The summed E-state index contributed by atoms with van der Waals surface area (Å²) in [6, 6.07) is 0.202. The van der Waals surface area contributed by atoms with Crippen LogP contribution in [0.5, 0.6) is 0 Å². The monoisotopic (exact) mass is 285 g/mol. The predicted octanol–water partition coefficient (Wildman–Crippen LogP) is 1.63. The number of likely N-dealkylation sites (tertiary alicyclic amines) is 1. The molecule has 0 amide bonds. The molecule has 104 valence electrons. The van der Waals surface area contributed by atoms with Crippen molar-refractivity contribution in [1.29, 1.82) is 0 Å². The number of anilines is 1. The summed E-state index contributed by atoms with van der Waals surface area (Å²) in [5.41, 5.74) is 0.133. The molecule has 0 saturated carbocycles. The molecule has 0 unspecified atom stereocenters. The number of nitro groups is 1. The van der Waals surface area contributed by atoms with E-state index in [0.29, 0.717) is 0 Å². The Kier molecular flexibility index (Phi) is 4.49. The van der Waals surface area contributed by atoms with Crippen LogP contribution in [-0.4, -0.2) is 46.0 Å². The van der Waals surface area contributed by atoms with Gasteiger partial charge in [0.15, 0.2) is 0 Å². The number of aromatic nitrogens is 2. The third-order valence-corrected chi connectivity index (χ3v) is 3.52. The maximum Gasteiger partial charge on any atom is 0.333 e. The fourth-order valence-corrected chi connectivity index (χ4v) is 2.35. The van der Waals surface area contributed by atoms with Gasteiger partial charge in [0.25, 0.3) is 0 Å². The lowest BCUT2D eigenvalue weighted by molar-refractivity contribution is -0.385. The SMILES string of the molecule is CN1CCC(Nc2ncnc(CCl)c2[N+](=O)[O-])CC1. The van der Waals surface area contributed by atoms with E-state index in [4.69, 9.17) is 11.6 Å². The molecule has 0 bridgehead atoms. The lowest BCUT2D eigenvalue weighted by Gasteiger charge is -2.29. The third kappa shape index (κ3) is 3.30. The normalized spacial score (nSPS) is 17.4. The first-order valence-electron chi connectivity index (χ1n) is 6.11. The highest BCUT2D eigenvalue weighted by molar-refractivity contribution is 6.17. The molecule has 0 radical (unpaired) electrons. The maximum absolute atomic E-state index is 11.1. The second kappa shape index (κ2) is 6.12. The van der Waals surface area contributed by atoms with E-state index in [1.165, 1.54) is 6.33 Å². The van der Waals surface area contributed by atoms with Gasteiger partial charge in [0.2, 0.25) is 5.82 Å². The molecular formula is C11H16ClN5O2. The minimum atomic E-state index is -0.477. The molecule has 8 heteroatoms. The number of rotatable bonds is 4. The van der Waals surface area contributed by atoms with Crippen molar-refractivity contribution < 1.29 is 4.92 Å². The molecule has 7 nitrogen and oxygen atoms in total. The van der Waals surface area contributed by atoms with Crippen LogP contribution in [0.15, 0.2) is 6.33 Å². The van der Waals surface area contributed by atoms with Crippen molar-refractivity contribution in [3.63, 3.8) is 0 Å². The molecule has 0 aromatic carbocycles. The number of halogens is 1. The van der Waals surface area contributed by atoms with Crippen LogP contribution in [0.1, 0.15) is 18.5 Å². The van der Waals surface area contributed by atoms with Crippen LogP contribution >= 0.6 is 11.6 Å². The van der Waals surface area contributed by atoms with Gasteiger partial charge in [-0.05, 0) is 33.0 Å². The van der Waals surface area contributed by atoms with Gasteiger partial charge in [0, 0.05) is 6.04 Å². The number of nitrogens with one attached hydrogen (secondary N) is 1. The number of piperidine rings is 1. The van der Waals surface area contributed by atoms with Crippen molar-refractivity contribution in [2.75, 3.05) is 25.5 Å². The van der Waals surface area contributed by atoms with E-state index in [2.05, 4.69) is 27.2 Å². The van der Waals surface area contributed by atoms with Crippen molar-refractivity contribution in [3.05, 3.63) is 22.1 Å². The molecular weight excluding hydrogens is 270 g/mol. The second-order valence-corrected chi connectivity index (χ2v) is 4.90. The van der Waals surface area contributed by atoms with E-state index < -0.39 is 4.92 Å². The van der Waals surface area contributed by atoms with E-state index in [9.17, 15) is 10.1 Å². The van der Waals surface area contributed by atoms with Crippen LogP contribution in [0.25, 0.3) is 0 Å². The Morgan fingerprint density at radius 1 is 1.53 bits per heavy atom. The molecule has 1 saturated heterocycles. The van der Waals surface area contributed by atoms with E-state index >= 15 is 0 Å². The minimum absolute atomic E-state index is 0.000910. The fourth-order valence-electron chi connectivity index (χ4n) is 2.16. The van der Waals surface area contributed by atoms with Crippen molar-refractivity contribution in [1.82, 2.24) is 14.9 Å². The van der Waals surface area contributed by atoms with Crippen LogP contribution < -0.4 is 5.32 Å². The van der Waals surface area contributed by atoms with Gasteiger partial charge in [-0.2, -0.15) is 0 Å². The Morgan fingerprint density at radius 2 is 2.21 bits per heavy atom. The number of alkyl halides is 1. The minimum Gasteiger partial charge on any atom is -0.361 e. The zero-order chi connectivity index (χ0) is 13.8. The Balaban J connectivity index is 2.17. The average molecular weight is 286 g/mol. The largest absolute Gasteiger partial charge is 0.361 e. The highest BCUT2D eigenvalue weighted by Crippen LogP contribution is 2.27. The van der Waals surface area contributed by atoms with E-state index in [-0.39, 0.29) is 29.1 Å². The van der Waals surface area contributed by atoms with Gasteiger partial charge >= 0.3 is 5.69 Å². The quantitative estimate of drug-likeness (QED) is 0.514. The molecule has 1 aromatic rings. The first-order chi connectivity index (χ1) is 9.11. The summed E-state index contributed by atoms with van der Waals surface area (Å²) in [6.07, 6.45) is 3.18. The number of nitrogens with zero attached hydrogens (tertiary/aromatic N) is 4. The molecule has 1 aliphatic heterocycles. The zero-order valence-electron chi connectivity index (χ0n) is 10.7. The van der Waals surface area contributed by atoms with Gasteiger partial charge in [-0.25, -0.2) is 9.97 Å². The van der Waals surface area contributed by atoms with Crippen molar-refractivity contribution in [2.45, 2.75) is 24.8 Å². The van der Waals surface area contributed by atoms with Crippen molar-refractivity contribution in [2.24, 2.45) is 0 Å². The summed E-state index contributed by atoms with van der Waals surface area (Å²) < 4.78 is 0. The van der Waals surface area contributed by atoms with Crippen molar-refractivity contribution in [3.8, 4) is 0 Å². The topological polar surface area (TPSA) is 84.2 Å². The summed E-state index contributed by atoms with van der Waals surface area (Å²) in [6.45, 7) is 1.94. The molecule has 0 aliphatic carbocycles. The Morgan fingerprint density at radius 3 is 2.79 bits per heavy atom. The maximum atomic E-state index is 11.1. The third-order valence-electron chi connectivity index (χ3n) is 3.27. The van der Waals surface area contributed by atoms with Gasteiger partial charge in [0.1, 0.15) is 12.0 Å². The summed E-state index contributed by atoms with van der Waals surface area (Å²) in [5.74, 6) is 0.270. The lowest BCUT2D eigenvalue weighted by atomic mass is 10.1. The van der Waals surface area contributed by atoms with Gasteiger partial charge in [-0.15, -0.1) is 11.6 Å². The molecule has 0 atom stereocenters. The molecule has 19 heavy (non-hydrogen) atoms. The van der Waals surface area contributed by atoms with Crippen LogP contribution in [-0.2, 0) is 5.88 Å². The fraction of sp³-hybridized carbons (Fsp3) is 0.636. The lowest BCUT2D eigenvalue weighted by Crippen LogP contribution is -2.37.